The number of allylic oxidation sites excluding steroid dienone is 1. The van der Waals surface area contributed by atoms with Crippen LogP contribution in [0.4, 0.5) is 5.69 Å². The summed E-state index contributed by atoms with van der Waals surface area (Å²) < 4.78 is 12.5. The molecule has 2 N–H and O–H groups in total. The molecule has 0 aliphatic carbocycles. The molecule has 1 aliphatic rings. The van der Waals surface area contributed by atoms with Gasteiger partial charge in [-0.2, -0.15) is 0 Å². The second-order valence-electron chi connectivity index (χ2n) is 5.26. The van der Waals surface area contributed by atoms with E-state index in [9.17, 15) is 4.79 Å². The highest BCUT2D eigenvalue weighted by molar-refractivity contribution is 5.91. The van der Waals surface area contributed by atoms with Crippen molar-refractivity contribution in [3.63, 3.8) is 0 Å². The van der Waals surface area contributed by atoms with Crippen LogP contribution in [0.15, 0.2) is 47.3 Å². The molecule has 0 unspecified atom stereocenters. The zero-order valence-corrected chi connectivity index (χ0v) is 11.4. The van der Waals surface area contributed by atoms with Crippen LogP contribution in [0.25, 0.3) is 10.8 Å². The van der Waals surface area contributed by atoms with Gasteiger partial charge in [0.05, 0.1) is 6.54 Å². The van der Waals surface area contributed by atoms with E-state index in [-0.39, 0.29) is 5.56 Å². The van der Waals surface area contributed by atoms with Gasteiger partial charge in [0, 0.05) is 36.5 Å². The van der Waals surface area contributed by atoms with Crippen LogP contribution < -0.4 is 11.3 Å². The van der Waals surface area contributed by atoms with Crippen molar-refractivity contribution in [2.75, 3.05) is 5.73 Å². The van der Waals surface area contributed by atoms with Crippen LogP contribution in [0.3, 0.4) is 0 Å². The van der Waals surface area contributed by atoms with Crippen molar-refractivity contribution in [2.45, 2.75) is 26.2 Å². The normalized spacial score (nSPS) is 16.6. The highest BCUT2D eigenvalue weighted by atomic mass is 16.7. The van der Waals surface area contributed by atoms with Gasteiger partial charge in [0.1, 0.15) is 6.26 Å². The van der Waals surface area contributed by atoms with Crippen molar-refractivity contribution in [3.8, 4) is 0 Å². The molecule has 1 aromatic heterocycles. The first-order valence-electron chi connectivity index (χ1n) is 6.40. The van der Waals surface area contributed by atoms with E-state index in [0.29, 0.717) is 23.4 Å². The fourth-order valence-corrected chi connectivity index (χ4v) is 2.28. The summed E-state index contributed by atoms with van der Waals surface area (Å²) >= 11 is 0. The maximum absolute atomic E-state index is 12.4. The van der Waals surface area contributed by atoms with E-state index in [0.717, 1.165) is 5.39 Å². The maximum atomic E-state index is 12.4. The first-order chi connectivity index (χ1) is 9.46. The first-order valence-corrected chi connectivity index (χ1v) is 6.40. The Kier molecular flexibility index (Phi) is 2.71. The molecule has 2 heterocycles. The van der Waals surface area contributed by atoms with Gasteiger partial charge >= 0.3 is 0 Å². The van der Waals surface area contributed by atoms with Crippen molar-refractivity contribution in [3.05, 3.63) is 52.8 Å². The fraction of sp³-hybridized carbons (Fsp3) is 0.267. The minimum Gasteiger partial charge on any atom is -0.457 e. The minimum absolute atomic E-state index is 0.0935. The molecule has 0 fully saturated rings. The lowest BCUT2D eigenvalue weighted by molar-refractivity contribution is -0.118. The summed E-state index contributed by atoms with van der Waals surface area (Å²) in [6.07, 6.45) is 3.27. The smallest absolute Gasteiger partial charge is 0.258 e. The number of hydrogen-bond donors (Lipinski definition) is 1. The second kappa shape index (κ2) is 4.30. The number of pyridine rings is 1. The molecule has 0 saturated carbocycles. The molecule has 0 saturated heterocycles. The third kappa shape index (κ3) is 2.11. The number of nitrogens with two attached hydrogens (primary N) is 1. The molecule has 0 bridgehead atoms. The topological polar surface area (TPSA) is 66.5 Å². The van der Waals surface area contributed by atoms with Crippen LogP contribution in [0.1, 0.15) is 13.8 Å². The number of benzene rings is 1. The fourth-order valence-electron chi connectivity index (χ4n) is 2.28. The molecule has 0 radical (unpaired) electrons. The monoisotopic (exact) mass is 272 g/mol. The van der Waals surface area contributed by atoms with Gasteiger partial charge in [-0.1, -0.05) is 6.07 Å². The van der Waals surface area contributed by atoms with E-state index < -0.39 is 5.79 Å². The largest absolute Gasteiger partial charge is 0.457 e. The van der Waals surface area contributed by atoms with Crippen LogP contribution in [0, 0.1) is 0 Å². The van der Waals surface area contributed by atoms with E-state index in [1.54, 1.807) is 35.2 Å². The van der Waals surface area contributed by atoms with Crippen LogP contribution in [-0.2, 0) is 16.0 Å². The lowest BCUT2D eigenvalue weighted by atomic mass is 10.1. The Morgan fingerprint density at radius 1 is 1.25 bits per heavy atom. The standard InChI is InChI=1S/C15H16N2O3/c1-15(2)19-9-10(20-15)8-17-7-6-11-12(14(17)18)4-3-5-13(11)16/h3-7,9H,8,16H2,1-2H3. The SMILES string of the molecule is CC1(C)OC=C(Cn2ccc3c(N)cccc3c2=O)O1. The van der Waals surface area contributed by atoms with E-state index in [1.165, 1.54) is 0 Å². The molecule has 2 aromatic rings. The van der Waals surface area contributed by atoms with Gasteiger partial charge in [-0.05, 0) is 18.2 Å². The summed E-state index contributed by atoms with van der Waals surface area (Å²) in [6.45, 7) is 3.98. The predicted octanol–water partition coefficient (Wildman–Crippen LogP) is 2.21. The number of ether oxygens (including phenoxy) is 2. The summed E-state index contributed by atoms with van der Waals surface area (Å²) in [6, 6.07) is 7.18. The van der Waals surface area contributed by atoms with Gasteiger partial charge in [-0.3, -0.25) is 4.79 Å². The first kappa shape index (κ1) is 12.6. The van der Waals surface area contributed by atoms with Crippen molar-refractivity contribution in [1.29, 1.82) is 0 Å². The molecule has 104 valence electrons. The lowest BCUT2D eigenvalue weighted by Gasteiger charge is -2.18. The Hall–Kier alpha value is -2.43. The second-order valence-corrected chi connectivity index (χ2v) is 5.26. The number of nitrogens with zero attached hydrogens (tertiary/aromatic N) is 1. The van der Waals surface area contributed by atoms with E-state index in [1.807, 2.05) is 19.9 Å². The highest BCUT2D eigenvalue weighted by Gasteiger charge is 2.27. The molecule has 3 rings (SSSR count). The van der Waals surface area contributed by atoms with Gasteiger partial charge in [0.15, 0.2) is 5.76 Å². The van der Waals surface area contributed by atoms with Gasteiger partial charge in [-0.15, -0.1) is 0 Å². The maximum Gasteiger partial charge on any atom is 0.258 e. The predicted molar refractivity (Wildman–Crippen MR) is 77.0 cm³/mol. The summed E-state index contributed by atoms with van der Waals surface area (Å²) in [5, 5.41) is 1.37. The number of nitrogen functional groups attached to an aromatic ring is 1. The van der Waals surface area contributed by atoms with Gasteiger partial charge in [0.25, 0.3) is 5.56 Å². The average molecular weight is 272 g/mol. The number of hydrogen-bond acceptors (Lipinski definition) is 4. The third-order valence-corrected chi connectivity index (χ3v) is 3.23. The van der Waals surface area contributed by atoms with Gasteiger partial charge in [-0.25, -0.2) is 0 Å². The van der Waals surface area contributed by atoms with E-state index in [4.69, 9.17) is 15.2 Å². The Morgan fingerprint density at radius 3 is 2.75 bits per heavy atom. The quantitative estimate of drug-likeness (QED) is 0.851. The van der Waals surface area contributed by atoms with Gasteiger partial charge < -0.3 is 19.8 Å². The van der Waals surface area contributed by atoms with Crippen molar-refractivity contribution in [2.24, 2.45) is 0 Å². The number of anilines is 1. The molecule has 0 atom stereocenters. The molecule has 0 amide bonds. The minimum atomic E-state index is -0.666. The Labute approximate surface area is 116 Å². The van der Waals surface area contributed by atoms with Gasteiger partial charge in [0.2, 0.25) is 5.79 Å². The molecule has 5 heteroatoms. The summed E-state index contributed by atoms with van der Waals surface area (Å²) in [5.41, 5.74) is 6.38. The van der Waals surface area contributed by atoms with E-state index >= 15 is 0 Å². The Balaban J connectivity index is 1.98. The molecule has 1 aromatic carbocycles. The molecule has 20 heavy (non-hydrogen) atoms. The number of rotatable bonds is 2. The summed E-state index contributed by atoms with van der Waals surface area (Å²) in [5.74, 6) is -0.0411. The lowest BCUT2D eigenvalue weighted by Crippen LogP contribution is -2.24. The summed E-state index contributed by atoms with van der Waals surface area (Å²) in [7, 11) is 0. The summed E-state index contributed by atoms with van der Waals surface area (Å²) in [4.78, 5) is 12.4. The number of fused-ring (bicyclic) bond motifs is 1. The van der Waals surface area contributed by atoms with Crippen molar-refractivity contribution in [1.82, 2.24) is 4.57 Å². The van der Waals surface area contributed by atoms with Crippen LogP contribution >= 0.6 is 0 Å². The highest BCUT2D eigenvalue weighted by Crippen LogP contribution is 2.25. The zero-order valence-electron chi connectivity index (χ0n) is 11.4. The zero-order chi connectivity index (χ0) is 14.3. The molecule has 1 aliphatic heterocycles. The van der Waals surface area contributed by atoms with Crippen LogP contribution in [0.5, 0.6) is 0 Å². The van der Waals surface area contributed by atoms with Crippen LogP contribution in [0.2, 0.25) is 0 Å². The Morgan fingerprint density at radius 2 is 2.05 bits per heavy atom. The molecule has 0 spiro atoms. The molecular formula is C15H16N2O3. The molecular weight excluding hydrogens is 256 g/mol. The van der Waals surface area contributed by atoms with Crippen molar-refractivity contribution < 1.29 is 9.47 Å². The molecule has 5 nitrogen and oxygen atoms in total. The van der Waals surface area contributed by atoms with E-state index in [2.05, 4.69) is 0 Å². The Bertz CT molecular complexity index is 759. The van der Waals surface area contributed by atoms with Crippen LogP contribution in [-0.4, -0.2) is 10.4 Å². The number of aromatic nitrogens is 1. The average Bonchev–Trinajstić information content (AvgIpc) is 2.73. The van der Waals surface area contributed by atoms with Crippen molar-refractivity contribution >= 4 is 16.5 Å². The third-order valence-electron chi connectivity index (χ3n) is 3.23.